The zero-order valence-electron chi connectivity index (χ0n) is 9.00. The van der Waals surface area contributed by atoms with E-state index in [9.17, 15) is 4.39 Å². The Morgan fingerprint density at radius 1 is 1.44 bits per heavy atom. The van der Waals surface area contributed by atoms with Gasteiger partial charge in [-0.1, -0.05) is 0 Å². The molecule has 0 atom stereocenters. The maximum absolute atomic E-state index is 13.3. The lowest BCUT2D eigenvalue weighted by molar-refractivity contribution is 0.00308. The predicted octanol–water partition coefficient (Wildman–Crippen LogP) is 1.36. The van der Waals surface area contributed by atoms with Crippen molar-refractivity contribution in [3.05, 3.63) is 35.1 Å². The van der Waals surface area contributed by atoms with E-state index < -0.39 is 0 Å². The summed E-state index contributed by atoms with van der Waals surface area (Å²) in [6.07, 6.45) is 0. The molecular formula is C11H13FN2O2. The van der Waals surface area contributed by atoms with Crippen LogP contribution in [0.5, 0.6) is 0 Å². The minimum Gasteiger partial charge on any atom is -0.382 e. The molecule has 1 N–H and O–H groups in total. The minimum absolute atomic E-state index is 0.213. The molecule has 0 aliphatic heterocycles. The Labute approximate surface area is 93.5 Å². The van der Waals surface area contributed by atoms with Crippen molar-refractivity contribution in [2.24, 2.45) is 0 Å². The molecule has 0 aromatic heterocycles. The fourth-order valence-electron chi connectivity index (χ4n) is 1.11. The Bertz CT molecular complexity index is 377. The van der Waals surface area contributed by atoms with Gasteiger partial charge in [0.2, 0.25) is 0 Å². The third kappa shape index (κ3) is 3.95. The third-order valence-corrected chi connectivity index (χ3v) is 1.93. The number of hydroxylamine groups is 1. The Hall–Kier alpha value is -1.48. The molecule has 0 fully saturated rings. The van der Waals surface area contributed by atoms with Crippen molar-refractivity contribution < 1.29 is 14.0 Å². The van der Waals surface area contributed by atoms with Crippen LogP contribution in [0.4, 0.5) is 4.39 Å². The highest BCUT2D eigenvalue weighted by Gasteiger charge is 2.03. The van der Waals surface area contributed by atoms with Gasteiger partial charge in [-0.3, -0.25) is 4.84 Å². The number of methoxy groups -OCH3 is 1. The quantitative estimate of drug-likeness (QED) is 0.585. The fraction of sp³-hybridized carbons (Fsp3) is 0.364. The first-order valence-corrected chi connectivity index (χ1v) is 4.80. The van der Waals surface area contributed by atoms with Gasteiger partial charge in [-0.2, -0.15) is 10.7 Å². The molecule has 4 nitrogen and oxygen atoms in total. The summed E-state index contributed by atoms with van der Waals surface area (Å²) in [6.45, 7) is 1.06. The molecule has 0 heterocycles. The van der Waals surface area contributed by atoms with Crippen LogP contribution in [-0.4, -0.2) is 20.3 Å². The van der Waals surface area contributed by atoms with E-state index in [1.165, 1.54) is 18.2 Å². The van der Waals surface area contributed by atoms with E-state index in [1.54, 1.807) is 7.11 Å². The highest BCUT2D eigenvalue weighted by Crippen LogP contribution is 2.09. The van der Waals surface area contributed by atoms with Crippen molar-refractivity contribution in [2.45, 2.75) is 6.54 Å². The van der Waals surface area contributed by atoms with Gasteiger partial charge in [0.15, 0.2) is 0 Å². The molecule has 0 unspecified atom stereocenters. The van der Waals surface area contributed by atoms with Gasteiger partial charge in [-0.15, -0.1) is 0 Å². The molecule has 0 aliphatic carbocycles. The molecule has 0 saturated carbocycles. The Morgan fingerprint density at radius 3 is 2.94 bits per heavy atom. The van der Waals surface area contributed by atoms with Gasteiger partial charge in [0.1, 0.15) is 5.82 Å². The number of nitrogens with one attached hydrogen (secondary N) is 1. The first-order chi connectivity index (χ1) is 7.77. The van der Waals surface area contributed by atoms with Gasteiger partial charge < -0.3 is 4.74 Å². The zero-order chi connectivity index (χ0) is 11.8. The lowest BCUT2D eigenvalue weighted by Gasteiger charge is -2.06. The van der Waals surface area contributed by atoms with Crippen LogP contribution in [0.1, 0.15) is 11.1 Å². The second-order valence-corrected chi connectivity index (χ2v) is 3.08. The molecule has 0 saturated heterocycles. The van der Waals surface area contributed by atoms with Crippen molar-refractivity contribution in [1.29, 1.82) is 5.26 Å². The molecule has 0 amide bonds. The summed E-state index contributed by atoms with van der Waals surface area (Å²) >= 11 is 0. The number of nitriles is 1. The van der Waals surface area contributed by atoms with Crippen molar-refractivity contribution >= 4 is 0 Å². The maximum atomic E-state index is 13.3. The maximum Gasteiger partial charge on any atom is 0.127 e. The van der Waals surface area contributed by atoms with Crippen LogP contribution in [-0.2, 0) is 16.1 Å². The molecule has 0 radical (unpaired) electrons. The van der Waals surface area contributed by atoms with Crippen LogP contribution < -0.4 is 5.48 Å². The van der Waals surface area contributed by atoms with E-state index in [0.29, 0.717) is 24.3 Å². The van der Waals surface area contributed by atoms with Crippen LogP contribution in [0.3, 0.4) is 0 Å². The highest BCUT2D eigenvalue weighted by molar-refractivity contribution is 5.33. The number of rotatable bonds is 6. The summed E-state index contributed by atoms with van der Waals surface area (Å²) < 4.78 is 18.0. The Balaban J connectivity index is 2.44. The zero-order valence-corrected chi connectivity index (χ0v) is 9.00. The molecule has 0 spiro atoms. The van der Waals surface area contributed by atoms with E-state index in [4.69, 9.17) is 14.8 Å². The van der Waals surface area contributed by atoms with Crippen molar-refractivity contribution in [3.8, 4) is 6.07 Å². The number of benzene rings is 1. The fourth-order valence-corrected chi connectivity index (χ4v) is 1.11. The van der Waals surface area contributed by atoms with E-state index in [1.807, 2.05) is 6.07 Å². The molecule has 86 valence electrons. The standard InChI is InChI=1S/C11H13FN2O2/c1-15-4-5-16-14-8-10-6-9(7-13)2-3-11(10)12/h2-3,6,14H,4-5,8H2,1H3. The van der Waals surface area contributed by atoms with Gasteiger partial charge in [-0.05, 0) is 18.2 Å². The number of nitrogens with zero attached hydrogens (tertiary/aromatic N) is 1. The predicted molar refractivity (Wildman–Crippen MR) is 55.8 cm³/mol. The molecule has 0 bridgehead atoms. The van der Waals surface area contributed by atoms with E-state index in [0.717, 1.165) is 0 Å². The first kappa shape index (κ1) is 12.6. The van der Waals surface area contributed by atoms with E-state index in [2.05, 4.69) is 5.48 Å². The Kier molecular flexibility index (Phi) is 5.43. The third-order valence-electron chi connectivity index (χ3n) is 1.93. The van der Waals surface area contributed by atoms with Gasteiger partial charge in [0.05, 0.1) is 24.8 Å². The van der Waals surface area contributed by atoms with Crippen LogP contribution >= 0.6 is 0 Å². The van der Waals surface area contributed by atoms with Crippen molar-refractivity contribution in [1.82, 2.24) is 5.48 Å². The number of ether oxygens (including phenoxy) is 1. The number of halogens is 1. The largest absolute Gasteiger partial charge is 0.382 e. The number of hydrogen-bond donors (Lipinski definition) is 1. The molecular weight excluding hydrogens is 211 g/mol. The summed E-state index contributed by atoms with van der Waals surface area (Å²) in [4.78, 5) is 4.98. The molecule has 16 heavy (non-hydrogen) atoms. The number of hydrogen-bond acceptors (Lipinski definition) is 4. The molecule has 0 aliphatic rings. The lowest BCUT2D eigenvalue weighted by Crippen LogP contribution is -2.17. The van der Waals surface area contributed by atoms with Gasteiger partial charge >= 0.3 is 0 Å². The van der Waals surface area contributed by atoms with Crippen LogP contribution in [0.25, 0.3) is 0 Å². The summed E-state index contributed by atoms with van der Waals surface area (Å²) in [6, 6.07) is 6.14. The molecule has 1 aromatic carbocycles. The highest BCUT2D eigenvalue weighted by atomic mass is 19.1. The molecule has 5 heteroatoms. The van der Waals surface area contributed by atoms with Crippen LogP contribution in [0.15, 0.2) is 18.2 Å². The summed E-state index contributed by atoms with van der Waals surface area (Å²) in [5, 5.41) is 8.65. The minimum atomic E-state index is -0.359. The topological polar surface area (TPSA) is 54.3 Å². The Morgan fingerprint density at radius 2 is 2.25 bits per heavy atom. The van der Waals surface area contributed by atoms with Crippen LogP contribution in [0, 0.1) is 17.1 Å². The second-order valence-electron chi connectivity index (χ2n) is 3.08. The second kappa shape index (κ2) is 6.90. The summed E-state index contributed by atoms with van der Waals surface area (Å²) in [5.41, 5.74) is 3.42. The monoisotopic (exact) mass is 224 g/mol. The smallest absolute Gasteiger partial charge is 0.127 e. The average molecular weight is 224 g/mol. The van der Waals surface area contributed by atoms with Gasteiger partial charge in [0, 0.05) is 19.2 Å². The SMILES string of the molecule is COCCONCc1cc(C#N)ccc1F. The first-order valence-electron chi connectivity index (χ1n) is 4.80. The van der Waals surface area contributed by atoms with E-state index in [-0.39, 0.29) is 12.4 Å². The lowest BCUT2D eigenvalue weighted by atomic mass is 10.1. The average Bonchev–Trinajstić information content (AvgIpc) is 2.31. The van der Waals surface area contributed by atoms with Crippen molar-refractivity contribution in [2.75, 3.05) is 20.3 Å². The van der Waals surface area contributed by atoms with Crippen LogP contribution in [0.2, 0.25) is 0 Å². The summed E-state index contributed by atoms with van der Waals surface area (Å²) in [7, 11) is 1.57. The summed E-state index contributed by atoms with van der Waals surface area (Å²) in [5.74, 6) is -0.359. The molecule has 1 aromatic rings. The normalized spacial score (nSPS) is 10.1. The molecule has 1 rings (SSSR count). The van der Waals surface area contributed by atoms with Crippen molar-refractivity contribution in [3.63, 3.8) is 0 Å². The van der Waals surface area contributed by atoms with Gasteiger partial charge in [-0.25, -0.2) is 4.39 Å². The van der Waals surface area contributed by atoms with Gasteiger partial charge in [0.25, 0.3) is 0 Å². The van der Waals surface area contributed by atoms with E-state index >= 15 is 0 Å².